The standard InChI is InChI=1S/C31H33Cl3N4O2/c32-24-3-1-2-22(18-24)30(40)37-27-19-23(29(39)36-13-8-21-4-6-25(33)20-26(21)34)5-7-28(27)38-16-11-31(12-17-38)9-14-35-15-10-31/h1-7,18-20,35H,8-17H2,(H,36,39)(H,37,40). The smallest absolute Gasteiger partial charge is 0.255 e. The van der Waals surface area contributed by atoms with Crippen LogP contribution in [-0.2, 0) is 6.42 Å². The molecule has 2 aliphatic heterocycles. The van der Waals surface area contributed by atoms with E-state index in [0.29, 0.717) is 50.3 Å². The van der Waals surface area contributed by atoms with Crippen LogP contribution in [0.15, 0.2) is 60.7 Å². The van der Waals surface area contributed by atoms with Gasteiger partial charge in [-0.3, -0.25) is 9.59 Å². The lowest BCUT2D eigenvalue weighted by atomic mass is 9.71. The lowest BCUT2D eigenvalue weighted by Gasteiger charge is -2.45. The number of amides is 2. The van der Waals surface area contributed by atoms with Gasteiger partial charge < -0.3 is 20.9 Å². The number of piperidine rings is 2. The molecule has 40 heavy (non-hydrogen) atoms. The SMILES string of the molecule is O=C(NCCc1ccc(Cl)cc1Cl)c1ccc(N2CCC3(CCNCC3)CC2)c(NC(=O)c2cccc(Cl)c2)c1. The minimum absolute atomic E-state index is 0.220. The molecule has 0 atom stereocenters. The van der Waals surface area contributed by atoms with Gasteiger partial charge in [-0.2, -0.15) is 0 Å². The van der Waals surface area contributed by atoms with Crippen LogP contribution in [0.25, 0.3) is 0 Å². The van der Waals surface area contributed by atoms with Gasteiger partial charge in [0, 0.05) is 45.8 Å². The Kier molecular flexibility index (Phi) is 9.21. The third-order valence-corrected chi connectivity index (χ3v) is 8.94. The van der Waals surface area contributed by atoms with Crippen LogP contribution in [-0.4, -0.2) is 44.5 Å². The maximum Gasteiger partial charge on any atom is 0.255 e. The largest absolute Gasteiger partial charge is 0.370 e. The van der Waals surface area contributed by atoms with E-state index in [1.165, 1.54) is 12.8 Å². The van der Waals surface area contributed by atoms with Crippen LogP contribution in [0.5, 0.6) is 0 Å². The zero-order chi connectivity index (χ0) is 28.1. The number of benzene rings is 3. The Labute approximate surface area is 250 Å². The summed E-state index contributed by atoms with van der Waals surface area (Å²) < 4.78 is 0. The van der Waals surface area contributed by atoms with Gasteiger partial charge in [0.1, 0.15) is 0 Å². The molecule has 0 saturated carbocycles. The molecule has 1 spiro atoms. The highest BCUT2D eigenvalue weighted by Gasteiger charge is 2.36. The van der Waals surface area contributed by atoms with Crippen molar-refractivity contribution in [2.45, 2.75) is 32.1 Å². The average Bonchev–Trinajstić information content (AvgIpc) is 2.95. The Hall–Kier alpha value is -2.77. The molecule has 0 aliphatic carbocycles. The van der Waals surface area contributed by atoms with Crippen LogP contribution in [0.4, 0.5) is 11.4 Å². The Balaban J connectivity index is 1.32. The van der Waals surface area contributed by atoms with Crippen molar-refractivity contribution in [3.05, 3.63) is 92.4 Å². The molecule has 2 aliphatic rings. The first kappa shape index (κ1) is 28.7. The summed E-state index contributed by atoms with van der Waals surface area (Å²) in [5, 5.41) is 11.1. The molecule has 5 rings (SSSR count). The van der Waals surface area contributed by atoms with Crippen molar-refractivity contribution in [1.29, 1.82) is 0 Å². The molecule has 3 aromatic carbocycles. The number of nitrogens with one attached hydrogen (secondary N) is 3. The number of anilines is 2. The van der Waals surface area contributed by atoms with Crippen molar-refractivity contribution in [3.63, 3.8) is 0 Å². The fourth-order valence-electron chi connectivity index (χ4n) is 5.69. The molecule has 2 fully saturated rings. The third-order valence-electron chi connectivity index (χ3n) is 8.12. The van der Waals surface area contributed by atoms with Crippen LogP contribution >= 0.6 is 34.8 Å². The van der Waals surface area contributed by atoms with Crippen molar-refractivity contribution in [2.75, 3.05) is 42.9 Å². The van der Waals surface area contributed by atoms with Gasteiger partial charge in [0.15, 0.2) is 0 Å². The maximum absolute atomic E-state index is 13.2. The average molecular weight is 600 g/mol. The number of halogens is 3. The molecule has 3 N–H and O–H groups in total. The Morgan fingerprint density at radius 3 is 2.27 bits per heavy atom. The van der Waals surface area contributed by atoms with Gasteiger partial charge in [-0.15, -0.1) is 0 Å². The van der Waals surface area contributed by atoms with Gasteiger partial charge in [-0.25, -0.2) is 0 Å². The monoisotopic (exact) mass is 598 g/mol. The highest BCUT2D eigenvalue weighted by molar-refractivity contribution is 6.35. The normalized spacial score (nSPS) is 16.5. The summed E-state index contributed by atoms with van der Waals surface area (Å²) in [7, 11) is 0. The van der Waals surface area contributed by atoms with E-state index in [-0.39, 0.29) is 11.8 Å². The zero-order valence-electron chi connectivity index (χ0n) is 22.2. The number of nitrogens with zero attached hydrogens (tertiary/aromatic N) is 1. The molecule has 0 aromatic heterocycles. The van der Waals surface area contributed by atoms with E-state index in [2.05, 4.69) is 20.9 Å². The second-order valence-corrected chi connectivity index (χ2v) is 12.0. The van der Waals surface area contributed by atoms with Crippen LogP contribution in [0.3, 0.4) is 0 Å². The first-order valence-electron chi connectivity index (χ1n) is 13.7. The lowest BCUT2D eigenvalue weighted by Crippen LogP contribution is -2.45. The van der Waals surface area contributed by atoms with E-state index < -0.39 is 0 Å². The lowest BCUT2D eigenvalue weighted by molar-refractivity contribution is 0.0952. The molecule has 2 heterocycles. The fourth-order valence-corrected chi connectivity index (χ4v) is 6.39. The van der Waals surface area contributed by atoms with Gasteiger partial charge in [0.25, 0.3) is 11.8 Å². The third kappa shape index (κ3) is 6.92. The van der Waals surface area contributed by atoms with Gasteiger partial charge in [0.05, 0.1) is 11.4 Å². The van der Waals surface area contributed by atoms with Crippen molar-refractivity contribution >= 4 is 58.0 Å². The molecule has 2 saturated heterocycles. The number of rotatable bonds is 7. The molecular formula is C31H33Cl3N4O2. The molecule has 0 bridgehead atoms. The number of carbonyl (C=O) groups excluding carboxylic acids is 2. The maximum atomic E-state index is 13.2. The zero-order valence-corrected chi connectivity index (χ0v) is 24.5. The van der Waals surface area contributed by atoms with Crippen LogP contribution < -0.4 is 20.9 Å². The van der Waals surface area contributed by atoms with Crippen LogP contribution in [0, 0.1) is 5.41 Å². The fraction of sp³-hybridized carbons (Fsp3) is 0.355. The molecule has 3 aromatic rings. The predicted octanol–water partition coefficient (Wildman–Crippen LogP) is 6.84. The van der Waals surface area contributed by atoms with Crippen molar-refractivity contribution < 1.29 is 9.59 Å². The van der Waals surface area contributed by atoms with E-state index in [9.17, 15) is 9.59 Å². The summed E-state index contributed by atoms with van der Waals surface area (Å²) in [6.45, 7) is 4.39. The summed E-state index contributed by atoms with van der Waals surface area (Å²) in [4.78, 5) is 28.6. The first-order valence-corrected chi connectivity index (χ1v) is 14.8. The van der Waals surface area contributed by atoms with Gasteiger partial charge in [-0.1, -0.05) is 46.9 Å². The van der Waals surface area contributed by atoms with Gasteiger partial charge in [-0.05, 0) is 105 Å². The van der Waals surface area contributed by atoms with Crippen molar-refractivity contribution in [3.8, 4) is 0 Å². The topological polar surface area (TPSA) is 73.5 Å². The quantitative estimate of drug-likeness (QED) is 0.278. The van der Waals surface area contributed by atoms with Crippen LogP contribution in [0.1, 0.15) is 52.0 Å². The number of carbonyl (C=O) groups is 2. The molecule has 210 valence electrons. The number of hydrogen-bond donors (Lipinski definition) is 3. The highest BCUT2D eigenvalue weighted by atomic mass is 35.5. The van der Waals surface area contributed by atoms with E-state index in [0.717, 1.165) is 50.3 Å². The summed E-state index contributed by atoms with van der Waals surface area (Å²) in [6.07, 6.45) is 5.22. The van der Waals surface area contributed by atoms with Gasteiger partial charge >= 0.3 is 0 Å². The second-order valence-electron chi connectivity index (χ2n) is 10.7. The molecule has 0 unspecified atom stereocenters. The summed E-state index contributed by atoms with van der Waals surface area (Å²) in [6, 6.07) is 17.7. The molecule has 6 nitrogen and oxygen atoms in total. The van der Waals surface area contributed by atoms with E-state index >= 15 is 0 Å². The Bertz CT molecular complexity index is 1380. The Morgan fingerprint density at radius 1 is 0.825 bits per heavy atom. The Morgan fingerprint density at radius 2 is 1.55 bits per heavy atom. The molecule has 0 radical (unpaired) electrons. The van der Waals surface area contributed by atoms with E-state index in [4.69, 9.17) is 34.8 Å². The predicted molar refractivity (Wildman–Crippen MR) is 164 cm³/mol. The molecular weight excluding hydrogens is 567 g/mol. The second kappa shape index (κ2) is 12.8. The molecule has 9 heteroatoms. The van der Waals surface area contributed by atoms with Gasteiger partial charge in [0.2, 0.25) is 0 Å². The van der Waals surface area contributed by atoms with E-state index in [1.54, 1.807) is 42.5 Å². The molecule has 2 amide bonds. The highest BCUT2D eigenvalue weighted by Crippen LogP contribution is 2.42. The van der Waals surface area contributed by atoms with Crippen molar-refractivity contribution in [2.24, 2.45) is 5.41 Å². The van der Waals surface area contributed by atoms with E-state index in [1.807, 2.05) is 18.2 Å². The minimum Gasteiger partial charge on any atom is -0.370 e. The summed E-state index contributed by atoms with van der Waals surface area (Å²) in [5.41, 5.74) is 3.77. The summed E-state index contributed by atoms with van der Waals surface area (Å²) >= 11 is 18.4. The van der Waals surface area contributed by atoms with Crippen LogP contribution in [0.2, 0.25) is 15.1 Å². The van der Waals surface area contributed by atoms with Crippen molar-refractivity contribution in [1.82, 2.24) is 10.6 Å². The summed E-state index contributed by atoms with van der Waals surface area (Å²) in [5.74, 6) is -0.493. The first-order chi connectivity index (χ1) is 19.3. The minimum atomic E-state index is -0.273. The number of hydrogen-bond acceptors (Lipinski definition) is 4.